The first-order valence-corrected chi connectivity index (χ1v) is 7.43. The molecule has 0 saturated heterocycles. The Morgan fingerprint density at radius 3 is 2.71 bits per heavy atom. The van der Waals surface area contributed by atoms with Gasteiger partial charge in [0.05, 0.1) is 12.0 Å². The number of nitrogens with one attached hydrogen (secondary N) is 1. The van der Waals surface area contributed by atoms with E-state index in [9.17, 15) is 18.3 Å². The van der Waals surface area contributed by atoms with Crippen LogP contribution in [0.3, 0.4) is 0 Å². The number of para-hydroxylation sites is 1. The molecule has 8 nitrogen and oxygen atoms in total. The van der Waals surface area contributed by atoms with Crippen molar-refractivity contribution in [3.05, 3.63) is 36.3 Å². The van der Waals surface area contributed by atoms with E-state index in [4.69, 9.17) is 5.11 Å². The first-order valence-electron chi connectivity index (χ1n) is 5.95. The summed E-state index contributed by atoms with van der Waals surface area (Å²) < 4.78 is 27.9. The van der Waals surface area contributed by atoms with Crippen molar-refractivity contribution in [2.45, 2.75) is 18.5 Å². The van der Waals surface area contributed by atoms with E-state index in [-0.39, 0.29) is 10.7 Å². The summed E-state index contributed by atoms with van der Waals surface area (Å²) in [7, 11) is -4.00. The molecule has 2 aromatic rings. The lowest BCUT2D eigenvalue weighted by atomic mass is 10.2. The number of carboxylic acid groups (broad SMARTS) is 1. The van der Waals surface area contributed by atoms with Crippen LogP contribution in [0.4, 0.5) is 5.69 Å². The van der Waals surface area contributed by atoms with Gasteiger partial charge < -0.3 is 14.8 Å². The maximum absolute atomic E-state index is 12.1. The average Bonchev–Trinajstić information content (AvgIpc) is 2.90. The predicted octanol–water partition coefficient (Wildman–Crippen LogP) is 1.11. The molecule has 0 spiro atoms. The van der Waals surface area contributed by atoms with Gasteiger partial charge in [-0.15, -0.1) is 0 Å². The van der Waals surface area contributed by atoms with Gasteiger partial charge in [-0.1, -0.05) is 6.07 Å². The van der Waals surface area contributed by atoms with Crippen LogP contribution in [0, 0.1) is 0 Å². The summed E-state index contributed by atoms with van der Waals surface area (Å²) in [5, 5.41) is 18.5. The van der Waals surface area contributed by atoms with E-state index in [1.54, 1.807) is 4.57 Å². The second-order valence-electron chi connectivity index (χ2n) is 4.15. The SMILES string of the molecule is CCn1cnc(S(=O)(=O)Nc2cccc(C(=O)O)c2O)c1. The number of nitrogens with zero attached hydrogens (tertiary/aromatic N) is 2. The third kappa shape index (κ3) is 2.97. The maximum Gasteiger partial charge on any atom is 0.339 e. The van der Waals surface area contributed by atoms with Crippen LogP contribution in [0.15, 0.2) is 35.7 Å². The van der Waals surface area contributed by atoms with Crippen molar-refractivity contribution in [3.63, 3.8) is 0 Å². The summed E-state index contributed by atoms with van der Waals surface area (Å²) >= 11 is 0. The number of aromatic hydroxyl groups is 1. The lowest BCUT2D eigenvalue weighted by Gasteiger charge is -2.09. The Balaban J connectivity index is 2.37. The first-order chi connectivity index (χ1) is 9.85. The van der Waals surface area contributed by atoms with E-state index in [0.29, 0.717) is 6.54 Å². The smallest absolute Gasteiger partial charge is 0.339 e. The fourth-order valence-corrected chi connectivity index (χ4v) is 2.67. The van der Waals surface area contributed by atoms with Crippen LogP contribution in [0.25, 0.3) is 0 Å². The number of hydrogen-bond donors (Lipinski definition) is 3. The third-order valence-electron chi connectivity index (χ3n) is 2.76. The molecule has 2 rings (SSSR count). The van der Waals surface area contributed by atoms with Gasteiger partial charge in [0.2, 0.25) is 0 Å². The monoisotopic (exact) mass is 311 g/mol. The van der Waals surface area contributed by atoms with Gasteiger partial charge in [-0.2, -0.15) is 8.42 Å². The Labute approximate surface area is 120 Å². The molecule has 0 radical (unpaired) electrons. The maximum atomic E-state index is 12.1. The second-order valence-corrected chi connectivity index (χ2v) is 5.78. The molecule has 0 saturated carbocycles. The molecule has 0 amide bonds. The number of benzene rings is 1. The van der Waals surface area contributed by atoms with Crippen molar-refractivity contribution in [3.8, 4) is 5.75 Å². The Kier molecular flexibility index (Phi) is 3.85. The summed E-state index contributed by atoms with van der Waals surface area (Å²) in [5.41, 5.74) is -0.616. The first kappa shape index (κ1) is 14.9. The molecule has 0 bridgehead atoms. The van der Waals surface area contributed by atoms with Crippen LogP contribution in [-0.2, 0) is 16.6 Å². The van der Waals surface area contributed by atoms with Crippen LogP contribution in [0.1, 0.15) is 17.3 Å². The van der Waals surface area contributed by atoms with Gasteiger partial charge in [-0.3, -0.25) is 4.72 Å². The Bertz CT molecular complexity index is 782. The molecule has 0 aliphatic rings. The second kappa shape index (κ2) is 5.44. The highest BCUT2D eigenvalue weighted by Gasteiger charge is 2.21. The van der Waals surface area contributed by atoms with Crippen LogP contribution < -0.4 is 4.72 Å². The van der Waals surface area contributed by atoms with Crippen LogP contribution in [0.5, 0.6) is 5.75 Å². The van der Waals surface area contributed by atoms with E-state index in [1.165, 1.54) is 30.7 Å². The fourth-order valence-electron chi connectivity index (χ4n) is 1.65. The van der Waals surface area contributed by atoms with Crippen molar-refractivity contribution < 1.29 is 23.4 Å². The number of carboxylic acids is 1. The van der Waals surface area contributed by atoms with E-state index in [1.807, 2.05) is 6.92 Å². The number of carbonyl (C=O) groups is 1. The molecule has 0 aliphatic heterocycles. The largest absolute Gasteiger partial charge is 0.505 e. The van der Waals surface area contributed by atoms with Gasteiger partial charge in [-0.25, -0.2) is 9.78 Å². The normalized spacial score (nSPS) is 11.3. The molecular formula is C12H13N3O5S. The zero-order valence-corrected chi connectivity index (χ0v) is 11.8. The van der Waals surface area contributed by atoms with Gasteiger partial charge in [0.15, 0.2) is 10.8 Å². The van der Waals surface area contributed by atoms with E-state index in [0.717, 1.165) is 0 Å². The molecule has 0 unspecified atom stereocenters. The highest BCUT2D eigenvalue weighted by molar-refractivity contribution is 7.92. The molecule has 112 valence electrons. The van der Waals surface area contributed by atoms with Gasteiger partial charge in [0.1, 0.15) is 5.56 Å². The number of rotatable bonds is 5. The summed E-state index contributed by atoms with van der Waals surface area (Å²) in [6.07, 6.45) is 2.70. The number of anilines is 1. The molecular weight excluding hydrogens is 298 g/mol. The van der Waals surface area contributed by atoms with Gasteiger partial charge in [0, 0.05) is 12.7 Å². The number of phenols is 1. The lowest BCUT2D eigenvalue weighted by Crippen LogP contribution is -2.14. The molecule has 1 aromatic heterocycles. The zero-order chi connectivity index (χ0) is 15.6. The van der Waals surface area contributed by atoms with Crippen molar-refractivity contribution in [2.75, 3.05) is 4.72 Å². The highest BCUT2D eigenvalue weighted by Crippen LogP contribution is 2.29. The Hall–Kier alpha value is -2.55. The van der Waals surface area contributed by atoms with Crippen LogP contribution >= 0.6 is 0 Å². The molecule has 21 heavy (non-hydrogen) atoms. The lowest BCUT2D eigenvalue weighted by molar-refractivity contribution is 0.0694. The molecule has 9 heteroatoms. The summed E-state index contributed by atoms with van der Waals surface area (Å²) in [4.78, 5) is 14.7. The van der Waals surface area contributed by atoms with Crippen molar-refractivity contribution in [1.29, 1.82) is 0 Å². The van der Waals surface area contributed by atoms with E-state index < -0.39 is 27.3 Å². The molecule has 3 N–H and O–H groups in total. The van der Waals surface area contributed by atoms with Crippen molar-refractivity contribution >= 4 is 21.7 Å². The number of aromatic nitrogens is 2. The number of hydrogen-bond acceptors (Lipinski definition) is 5. The average molecular weight is 311 g/mol. The van der Waals surface area contributed by atoms with Crippen molar-refractivity contribution in [1.82, 2.24) is 9.55 Å². The molecule has 0 aliphatic carbocycles. The summed E-state index contributed by atoms with van der Waals surface area (Å²) in [6, 6.07) is 3.75. The standard InChI is InChI=1S/C12H13N3O5S/c1-2-15-6-10(13-7-15)21(19,20)14-9-5-3-4-8(11(9)16)12(17)18/h3-7,14,16H,2H2,1H3,(H,17,18). The van der Waals surface area contributed by atoms with Crippen LogP contribution in [-0.4, -0.2) is 34.2 Å². The number of aromatic carboxylic acids is 1. The fraction of sp³-hybridized carbons (Fsp3) is 0.167. The van der Waals surface area contributed by atoms with Crippen LogP contribution in [0.2, 0.25) is 0 Å². The number of sulfonamides is 1. The Morgan fingerprint density at radius 2 is 2.14 bits per heavy atom. The van der Waals surface area contributed by atoms with Gasteiger partial charge in [0.25, 0.3) is 10.0 Å². The van der Waals surface area contributed by atoms with E-state index in [2.05, 4.69) is 9.71 Å². The molecule has 1 heterocycles. The highest BCUT2D eigenvalue weighted by atomic mass is 32.2. The van der Waals surface area contributed by atoms with E-state index >= 15 is 0 Å². The molecule has 0 atom stereocenters. The minimum absolute atomic E-state index is 0.218. The minimum Gasteiger partial charge on any atom is -0.505 e. The third-order valence-corrected chi connectivity index (χ3v) is 4.01. The zero-order valence-electron chi connectivity index (χ0n) is 11.0. The van der Waals surface area contributed by atoms with Crippen molar-refractivity contribution in [2.24, 2.45) is 0 Å². The number of aryl methyl sites for hydroxylation is 1. The Morgan fingerprint density at radius 1 is 1.43 bits per heavy atom. The minimum atomic E-state index is -4.00. The van der Waals surface area contributed by atoms with Gasteiger partial charge >= 0.3 is 5.97 Å². The quantitative estimate of drug-likeness (QED) is 0.711. The summed E-state index contributed by atoms with van der Waals surface area (Å²) in [5.74, 6) is -2.01. The molecule has 1 aromatic carbocycles. The predicted molar refractivity (Wildman–Crippen MR) is 73.8 cm³/mol. The molecule has 0 fully saturated rings. The number of imidazole rings is 1. The van der Waals surface area contributed by atoms with Gasteiger partial charge in [-0.05, 0) is 19.1 Å². The summed E-state index contributed by atoms with van der Waals surface area (Å²) in [6.45, 7) is 2.38. The topological polar surface area (TPSA) is 122 Å².